The molecule has 9 nitrogen and oxygen atoms in total. The van der Waals surface area contributed by atoms with Crippen molar-refractivity contribution in [3.63, 3.8) is 0 Å². The molecule has 2 aromatic carbocycles. The molecular weight excluding hydrogens is 576 g/mol. The van der Waals surface area contributed by atoms with E-state index in [0.29, 0.717) is 6.54 Å². The number of morpholine rings is 1. The van der Waals surface area contributed by atoms with Crippen molar-refractivity contribution in [2.24, 2.45) is 0 Å². The molecule has 232 valence electrons. The van der Waals surface area contributed by atoms with Crippen LogP contribution in [-0.2, 0) is 4.74 Å². The lowest BCUT2D eigenvalue weighted by molar-refractivity contribution is 0.122. The number of alkyl halides is 2. The average molecular weight is 612 g/mol. The van der Waals surface area contributed by atoms with Gasteiger partial charge in [-0.25, -0.2) is 18.7 Å². The molecule has 1 saturated heterocycles. The maximum atomic E-state index is 12.3. The zero-order chi connectivity index (χ0) is 31.0. The van der Waals surface area contributed by atoms with Crippen LogP contribution in [0.5, 0.6) is 5.75 Å². The zero-order valence-corrected chi connectivity index (χ0v) is 24.7. The molecule has 1 aliphatic heterocycles. The summed E-state index contributed by atoms with van der Waals surface area (Å²) >= 11 is 0. The minimum Gasteiger partial charge on any atom is -0.508 e. The average Bonchev–Trinajstić information content (AvgIpc) is 3.71. The molecule has 4 aromatic heterocycles. The van der Waals surface area contributed by atoms with Gasteiger partial charge in [-0.2, -0.15) is 0 Å². The third kappa shape index (κ3) is 7.32. The second-order valence-electron chi connectivity index (χ2n) is 10.5. The topological polar surface area (TPSA) is 91.4 Å². The van der Waals surface area contributed by atoms with E-state index in [2.05, 4.69) is 49.8 Å². The van der Waals surface area contributed by atoms with Crippen LogP contribution in [0.2, 0.25) is 0 Å². The van der Waals surface area contributed by atoms with E-state index in [4.69, 9.17) is 4.74 Å². The molecule has 0 amide bonds. The number of ether oxygens (including phenoxy) is 1. The number of halogens is 2. The van der Waals surface area contributed by atoms with Crippen molar-refractivity contribution in [2.45, 2.75) is 0 Å². The number of phenolic OH excluding ortho intramolecular Hbond substituents is 1. The molecule has 0 unspecified atom stereocenters. The van der Waals surface area contributed by atoms with E-state index >= 15 is 0 Å². The summed E-state index contributed by atoms with van der Waals surface area (Å²) in [4.78, 5) is 11.5. The molecule has 7 rings (SSSR count). The van der Waals surface area contributed by atoms with E-state index in [9.17, 15) is 13.9 Å². The summed E-state index contributed by atoms with van der Waals surface area (Å²) in [6.45, 7) is 3.24. The van der Waals surface area contributed by atoms with Crippen LogP contribution >= 0.6 is 0 Å². The van der Waals surface area contributed by atoms with E-state index < -0.39 is 6.67 Å². The number of anilines is 3. The van der Waals surface area contributed by atoms with Gasteiger partial charge in [-0.15, -0.1) is 0 Å². The number of nitrogens with one attached hydrogen (secondary N) is 2. The number of aromatic nitrogens is 4. The molecular formula is C34H35F2N7O2. The second-order valence-corrected chi connectivity index (χ2v) is 10.5. The normalized spacial score (nSPS) is 13.1. The Morgan fingerprint density at radius 1 is 0.711 bits per heavy atom. The Labute approximate surface area is 259 Å². The van der Waals surface area contributed by atoms with Crippen LogP contribution in [0.15, 0.2) is 97.6 Å². The van der Waals surface area contributed by atoms with Crippen LogP contribution in [-0.4, -0.2) is 76.6 Å². The second kappa shape index (κ2) is 14.1. The molecule has 0 atom stereocenters. The molecule has 11 heteroatoms. The number of imidazole rings is 2. The van der Waals surface area contributed by atoms with Crippen LogP contribution in [0, 0.1) is 0 Å². The Morgan fingerprint density at radius 2 is 1.29 bits per heavy atom. The van der Waals surface area contributed by atoms with Gasteiger partial charge in [-0.3, -0.25) is 0 Å². The highest BCUT2D eigenvalue weighted by Crippen LogP contribution is 2.25. The van der Waals surface area contributed by atoms with Gasteiger partial charge < -0.3 is 34.2 Å². The molecule has 1 aliphatic rings. The fourth-order valence-corrected chi connectivity index (χ4v) is 5.17. The molecule has 1 fully saturated rings. The van der Waals surface area contributed by atoms with Gasteiger partial charge in [0.1, 0.15) is 30.4 Å². The Bertz CT molecular complexity index is 1850. The van der Waals surface area contributed by atoms with E-state index in [-0.39, 0.29) is 19.0 Å². The SMILES string of the molecule is FCCNc1ccn2cc(-c3ccc(N4CCOCC4)cc3)nc2c1.Oc1cccc(-c2cn3ccc(NCCF)cc3n2)c1. The molecule has 45 heavy (non-hydrogen) atoms. The maximum absolute atomic E-state index is 12.3. The van der Waals surface area contributed by atoms with E-state index in [1.165, 1.54) is 5.69 Å². The number of fused-ring (bicyclic) bond motifs is 2. The summed E-state index contributed by atoms with van der Waals surface area (Å²) in [5.74, 6) is 0.213. The van der Waals surface area contributed by atoms with Crippen LogP contribution < -0.4 is 15.5 Å². The number of nitrogens with zero attached hydrogens (tertiary/aromatic N) is 5. The van der Waals surface area contributed by atoms with Gasteiger partial charge >= 0.3 is 0 Å². The summed E-state index contributed by atoms with van der Waals surface area (Å²) in [5, 5.41) is 15.5. The highest BCUT2D eigenvalue weighted by atomic mass is 19.1. The number of hydrogen-bond acceptors (Lipinski definition) is 7. The Hall–Kier alpha value is -5.16. The number of benzene rings is 2. The van der Waals surface area contributed by atoms with Crippen molar-refractivity contribution in [1.82, 2.24) is 18.8 Å². The number of phenols is 1. The number of aromatic hydroxyl groups is 1. The van der Waals surface area contributed by atoms with Crippen molar-refractivity contribution < 1.29 is 18.6 Å². The number of rotatable bonds is 9. The van der Waals surface area contributed by atoms with Crippen LogP contribution in [0.4, 0.5) is 25.8 Å². The highest BCUT2D eigenvalue weighted by Gasteiger charge is 2.12. The van der Waals surface area contributed by atoms with Crippen LogP contribution in [0.1, 0.15) is 0 Å². The van der Waals surface area contributed by atoms with Crippen LogP contribution in [0.3, 0.4) is 0 Å². The summed E-state index contributed by atoms with van der Waals surface area (Å²) < 4.78 is 33.7. The minimum absolute atomic E-state index is 0.213. The van der Waals surface area contributed by atoms with Crippen molar-refractivity contribution in [2.75, 3.05) is 68.3 Å². The fraction of sp³-hybridized carbons (Fsp3) is 0.235. The predicted molar refractivity (Wildman–Crippen MR) is 175 cm³/mol. The Balaban J connectivity index is 0.000000163. The van der Waals surface area contributed by atoms with Gasteiger partial charge in [0.25, 0.3) is 0 Å². The standard InChI is InChI=1S/C19H21FN4O.C15H14FN3O/c20-6-7-21-16-5-8-24-14-18(22-19(24)13-16)15-1-3-17(4-2-15)23-9-11-25-12-10-23;16-5-6-17-12-4-7-19-10-14(18-15(19)9-12)11-2-1-3-13(20)8-11/h1-5,8,13-14,21H,6-7,9-12H2;1-4,7-10,17,20H,5-6H2. The molecule has 0 spiro atoms. The van der Waals surface area contributed by atoms with Crippen molar-refractivity contribution in [3.8, 4) is 28.3 Å². The van der Waals surface area contributed by atoms with Crippen molar-refractivity contribution in [1.29, 1.82) is 0 Å². The highest BCUT2D eigenvalue weighted by molar-refractivity contribution is 5.68. The Kier molecular flexibility index (Phi) is 9.35. The van der Waals surface area contributed by atoms with Crippen molar-refractivity contribution >= 4 is 28.4 Å². The molecule has 6 aromatic rings. The quantitative estimate of drug-likeness (QED) is 0.177. The van der Waals surface area contributed by atoms with E-state index in [1.807, 2.05) is 63.9 Å². The first kappa shape index (κ1) is 29.9. The molecule has 0 aliphatic carbocycles. The van der Waals surface area contributed by atoms with Gasteiger partial charge in [0.05, 0.1) is 24.6 Å². The van der Waals surface area contributed by atoms with Gasteiger partial charge in [0.2, 0.25) is 0 Å². The lowest BCUT2D eigenvalue weighted by atomic mass is 10.1. The molecule has 3 N–H and O–H groups in total. The maximum Gasteiger partial charge on any atom is 0.139 e. The van der Waals surface area contributed by atoms with Gasteiger partial charge in [-0.1, -0.05) is 24.3 Å². The summed E-state index contributed by atoms with van der Waals surface area (Å²) in [5.41, 5.74) is 8.19. The summed E-state index contributed by atoms with van der Waals surface area (Å²) in [6.07, 6.45) is 7.71. The molecule has 5 heterocycles. The van der Waals surface area contributed by atoms with Crippen LogP contribution in [0.25, 0.3) is 33.8 Å². The predicted octanol–water partition coefficient (Wildman–Crippen LogP) is 6.31. The van der Waals surface area contributed by atoms with Gasteiger partial charge in [0.15, 0.2) is 0 Å². The summed E-state index contributed by atoms with van der Waals surface area (Å²) in [7, 11) is 0. The Morgan fingerprint density at radius 3 is 1.84 bits per heavy atom. The number of hydrogen-bond donors (Lipinski definition) is 3. The number of pyridine rings is 2. The van der Waals surface area contributed by atoms with E-state index in [0.717, 1.165) is 71.5 Å². The first-order valence-electron chi connectivity index (χ1n) is 14.9. The fourth-order valence-electron chi connectivity index (χ4n) is 5.17. The molecule has 0 bridgehead atoms. The largest absolute Gasteiger partial charge is 0.508 e. The third-order valence-corrected chi connectivity index (χ3v) is 7.45. The van der Waals surface area contributed by atoms with Gasteiger partial charge in [-0.05, 0) is 36.4 Å². The lowest BCUT2D eigenvalue weighted by Gasteiger charge is -2.28. The van der Waals surface area contributed by atoms with Gasteiger partial charge in [0, 0.05) is 91.3 Å². The van der Waals surface area contributed by atoms with E-state index in [1.54, 1.807) is 18.2 Å². The monoisotopic (exact) mass is 611 g/mol. The smallest absolute Gasteiger partial charge is 0.139 e. The summed E-state index contributed by atoms with van der Waals surface area (Å²) in [6, 6.07) is 23.0. The van der Waals surface area contributed by atoms with Crippen molar-refractivity contribution in [3.05, 3.63) is 97.6 Å². The third-order valence-electron chi connectivity index (χ3n) is 7.45. The lowest BCUT2D eigenvalue weighted by Crippen LogP contribution is -2.36. The molecule has 0 saturated carbocycles. The molecule has 0 radical (unpaired) electrons. The first-order chi connectivity index (χ1) is 22.1. The minimum atomic E-state index is -0.409. The zero-order valence-electron chi connectivity index (χ0n) is 24.7. The first-order valence-corrected chi connectivity index (χ1v) is 14.9.